The van der Waals surface area contributed by atoms with Crippen molar-refractivity contribution >= 4 is 29.0 Å². The van der Waals surface area contributed by atoms with Crippen LogP contribution in [0.1, 0.15) is 36.9 Å². The highest BCUT2D eigenvalue weighted by Crippen LogP contribution is 2.31. The topological polar surface area (TPSA) is 85.1 Å². The summed E-state index contributed by atoms with van der Waals surface area (Å²) < 4.78 is 1.82. The Kier molecular flexibility index (Phi) is 6.42. The Balaban J connectivity index is 1.26. The van der Waals surface area contributed by atoms with E-state index in [1.54, 1.807) is 18.6 Å². The van der Waals surface area contributed by atoms with Gasteiger partial charge < -0.3 is 0 Å². The standard InChI is InChI=1S/C27H28N6O/c1-19-13-24(11-12-28-19)33-25-18-29-26(15-23(25)17-31-33)32-27(34)30-16-22-10-6-5-9-21(22)14-20-7-3-2-4-8-20/h2-4,7-8,11-13,15-18,21-22H,5-6,9-10,14H2,1H3,(H,29,32,34)/b30-16+/t21-,22?/m0/s1. The van der Waals surface area contributed by atoms with Gasteiger partial charge in [0.05, 0.1) is 23.6 Å². The van der Waals surface area contributed by atoms with Crippen LogP contribution >= 0.6 is 0 Å². The maximum atomic E-state index is 12.5. The van der Waals surface area contributed by atoms with Crippen LogP contribution in [0.3, 0.4) is 0 Å². The number of hydrogen-bond acceptors (Lipinski definition) is 4. The zero-order valence-electron chi connectivity index (χ0n) is 19.3. The average Bonchev–Trinajstić information content (AvgIpc) is 3.27. The molecule has 4 aromatic rings. The van der Waals surface area contributed by atoms with Gasteiger partial charge in [0.1, 0.15) is 5.82 Å². The van der Waals surface area contributed by atoms with Gasteiger partial charge in [-0.05, 0) is 61.8 Å². The second kappa shape index (κ2) is 9.95. The van der Waals surface area contributed by atoms with Gasteiger partial charge in [-0.3, -0.25) is 10.3 Å². The van der Waals surface area contributed by atoms with E-state index in [0.29, 0.717) is 17.7 Å². The van der Waals surface area contributed by atoms with Gasteiger partial charge in [-0.25, -0.2) is 19.5 Å². The Hall–Kier alpha value is -3.87. The van der Waals surface area contributed by atoms with Crippen LogP contribution in [0, 0.1) is 18.8 Å². The molecule has 34 heavy (non-hydrogen) atoms. The lowest BCUT2D eigenvalue weighted by molar-refractivity contribution is 0.259. The maximum Gasteiger partial charge on any atom is 0.346 e. The van der Waals surface area contributed by atoms with Crippen LogP contribution in [0.4, 0.5) is 10.6 Å². The highest BCUT2D eigenvalue weighted by Gasteiger charge is 2.24. The molecule has 2 amide bonds. The van der Waals surface area contributed by atoms with E-state index >= 15 is 0 Å². The first-order valence-electron chi connectivity index (χ1n) is 11.8. The van der Waals surface area contributed by atoms with Gasteiger partial charge in [0.2, 0.25) is 0 Å². The van der Waals surface area contributed by atoms with Crippen LogP contribution in [0.2, 0.25) is 0 Å². The average molecular weight is 453 g/mol. The molecule has 3 aromatic heterocycles. The number of fused-ring (bicyclic) bond motifs is 1. The second-order valence-electron chi connectivity index (χ2n) is 8.95. The predicted octanol–water partition coefficient (Wildman–Crippen LogP) is 5.78. The number of carbonyl (C=O) groups excluding carboxylic acids is 1. The zero-order valence-corrected chi connectivity index (χ0v) is 19.3. The zero-order chi connectivity index (χ0) is 23.3. The molecule has 1 aliphatic rings. The number of carbonyl (C=O) groups is 1. The molecule has 7 nitrogen and oxygen atoms in total. The number of benzene rings is 1. The molecule has 5 rings (SSSR count). The predicted molar refractivity (Wildman–Crippen MR) is 135 cm³/mol. The summed E-state index contributed by atoms with van der Waals surface area (Å²) >= 11 is 0. The fourth-order valence-corrected chi connectivity index (χ4v) is 4.77. The lowest BCUT2D eigenvalue weighted by atomic mass is 9.77. The first-order chi connectivity index (χ1) is 16.7. The molecule has 172 valence electrons. The van der Waals surface area contributed by atoms with Gasteiger partial charge in [0.25, 0.3) is 0 Å². The summed E-state index contributed by atoms with van der Waals surface area (Å²) in [6.45, 7) is 1.94. The summed E-state index contributed by atoms with van der Waals surface area (Å²) in [7, 11) is 0. The van der Waals surface area contributed by atoms with Gasteiger partial charge in [-0.15, -0.1) is 0 Å². The molecule has 0 bridgehead atoms. The summed E-state index contributed by atoms with van der Waals surface area (Å²) in [6.07, 6.45) is 12.8. The number of hydrogen-bond donors (Lipinski definition) is 1. The maximum absolute atomic E-state index is 12.5. The monoisotopic (exact) mass is 452 g/mol. The Morgan fingerprint density at radius 3 is 2.82 bits per heavy atom. The Labute approximate surface area is 199 Å². The van der Waals surface area contributed by atoms with Crippen molar-refractivity contribution in [3.8, 4) is 5.69 Å². The summed E-state index contributed by atoms with van der Waals surface area (Å²) in [6, 6.07) is 15.9. The number of nitrogens with one attached hydrogen (secondary N) is 1. The quantitative estimate of drug-likeness (QED) is 0.389. The van der Waals surface area contributed by atoms with E-state index in [4.69, 9.17) is 0 Å². The third kappa shape index (κ3) is 5.03. The fraction of sp³-hybridized carbons (Fsp3) is 0.296. The third-order valence-corrected chi connectivity index (χ3v) is 6.51. The number of anilines is 1. The molecule has 0 aliphatic heterocycles. The van der Waals surface area contributed by atoms with E-state index in [9.17, 15) is 4.79 Å². The summed E-state index contributed by atoms with van der Waals surface area (Å²) in [5.74, 6) is 1.30. The largest absolute Gasteiger partial charge is 0.346 e. The minimum atomic E-state index is -0.395. The number of rotatable bonds is 5. The molecule has 0 spiro atoms. The SMILES string of the molecule is Cc1cc(-n2ncc3cc(NC(=O)/N=C/C4CCCC[C@H]4Cc4ccccc4)ncc32)ccn1. The molecule has 1 fully saturated rings. The van der Waals surface area contributed by atoms with Crippen molar-refractivity contribution in [3.05, 3.63) is 78.4 Å². The Bertz CT molecular complexity index is 1310. The molecule has 0 saturated heterocycles. The molecule has 1 aromatic carbocycles. The van der Waals surface area contributed by atoms with Crippen molar-refractivity contribution in [2.45, 2.75) is 39.0 Å². The molecule has 1 unspecified atom stereocenters. The fourth-order valence-electron chi connectivity index (χ4n) is 4.77. The molecular formula is C27H28N6O. The van der Waals surface area contributed by atoms with Crippen LogP contribution in [-0.2, 0) is 6.42 Å². The van der Waals surface area contributed by atoms with E-state index in [-0.39, 0.29) is 0 Å². The molecule has 1 N–H and O–H groups in total. The smallest absolute Gasteiger partial charge is 0.290 e. The van der Waals surface area contributed by atoms with Crippen molar-refractivity contribution in [1.29, 1.82) is 0 Å². The normalized spacial score (nSPS) is 18.4. The van der Waals surface area contributed by atoms with Gasteiger partial charge in [0.15, 0.2) is 0 Å². The van der Waals surface area contributed by atoms with E-state index in [0.717, 1.165) is 35.1 Å². The highest BCUT2D eigenvalue weighted by molar-refractivity contribution is 5.95. The minimum absolute atomic E-state index is 0.317. The molecule has 0 radical (unpaired) electrons. The van der Waals surface area contributed by atoms with Gasteiger partial charge in [-0.1, -0.05) is 43.2 Å². The van der Waals surface area contributed by atoms with Crippen molar-refractivity contribution < 1.29 is 4.79 Å². The number of urea groups is 1. The van der Waals surface area contributed by atoms with E-state index in [1.165, 1.54) is 24.8 Å². The molecule has 3 heterocycles. The van der Waals surface area contributed by atoms with Crippen molar-refractivity contribution in [1.82, 2.24) is 19.7 Å². The van der Waals surface area contributed by atoms with Crippen LogP contribution in [-0.4, -0.2) is 32.0 Å². The lowest BCUT2D eigenvalue weighted by Gasteiger charge is -2.29. The van der Waals surface area contributed by atoms with E-state index < -0.39 is 6.03 Å². The summed E-state index contributed by atoms with van der Waals surface area (Å²) in [4.78, 5) is 25.4. The summed E-state index contributed by atoms with van der Waals surface area (Å²) in [5, 5.41) is 8.16. The number of aryl methyl sites for hydroxylation is 1. The number of aromatic nitrogens is 4. The third-order valence-electron chi connectivity index (χ3n) is 6.51. The Morgan fingerprint density at radius 1 is 1.12 bits per heavy atom. The van der Waals surface area contributed by atoms with Gasteiger partial charge in [-0.2, -0.15) is 5.10 Å². The minimum Gasteiger partial charge on any atom is -0.290 e. The van der Waals surface area contributed by atoms with E-state index in [1.807, 2.05) is 42.1 Å². The highest BCUT2D eigenvalue weighted by atomic mass is 16.2. The van der Waals surface area contributed by atoms with Crippen molar-refractivity contribution in [3.63, 3.8) is 0 Å². The van der Waals surface area contributed by atoms with Gasteiger partial charge in [0, 0.05) is 23.5 Å². The molecule has 1 aliphatic carbocycles. The lowest BCUT2D eigenvalue weighted by Crippen LogP contribution is -2.23. The molecule has 7 heteroatoms. The number of aliphatic imine (C=N–C) groups is 1. The first kappa shape index (κ1) is 21.9. The van der Waals surface area contributed by atoms with Crippen LogP contribution in [0.25, 0.3) is 16.6 Å². The van der Waals surface area contributed by atoms with Crippen molar-refractivity contribution in [2.75, 3.05) is 5.32 Å². The van der Waals surface area contributed by atoms with E-state index in [2.05, 4.69) is 49.6 Å². The first-order valence-corrected chi connectivity index (χ1v) is 11.8. The number of amides is 2. The van der Waals surface area contributed by atoms with Crippen LogP contribution < -0.4 is 5.32 Å². The van der Waals surface area contributed by atoms with Gasteiger partial charge >= 0.3 is 6.03 Å². The number of pyridine rings is 2. The Morgan fingerprint density at radius 2 is 1.97 bits per heavy atom. The van der Waals surface area contributed by atoms with Crippen LogP contribution in [0.5, 0.6) is 0 Å². The second-order valence-corrected chi connectivity index (χ2v) is 8.95. The molecule has 1 saturated carbocycles. The molecule has 2 atom stereocenters. The summed E-state index contributed by atoms with van der Waals surface area (Å²) in [5.41, 5.74) is 4.04. The number of nitrogens with zero attached hydrogens (tertiary/aromatic N) is 5. The van der Waals surface area contributed by atoms with Crippen LogP contribution in [0.15, 0.2) is 72.1 Å². The molecular weight excluding hydrogens is 424 g/mol. The van der Waals surface area contributed by atoms with Crippen molar-refractivity contribution in [2.24, 2.45) is 16.8 Å².